The highest BCUT2D eigenvalue weighted by Crippen LogP contribution is 2.22. The highest BCUT2D eigenvalue weighted by Gasteiger charge is 2.30. The Balaban J connectivity index is 1.62. The van der Waals surface area contributed by atoms with Crippen molar-refractivity contribution in [3.05, 3.63) is 46.1 Å². The van der Waals surface area contributed by atoms with E-state index in [1.807, 2.05) is 11.8 Å². The number of sulfonamides is 1. The summed E-state index contributed by atoms with van der Waals surface area (Å²) in [5.41, 5.74) is -0.242. The first-order chi connectivity index (χ1) is 12.9. The molecular weight excluding hydrogens is 374 g/mol. The summed E-state index contributed by atoms with van der Waals surface area (Å²) in [4.78, 5) is 16.6. The third-order valence-corrected chi connectivity index (χ3v) is 6.23. The van der Waals surface area contributed by atoms with E-state index in [1.165, 1.54) is 22.5 Å². The van der Waals surface area contributed by atoms with E-state index in [0.717, 1.165) is 18.9 Å². The second-order valence-electron chi connectivity index (χ2n) is 6.29. The molecule has 2 aromatic rings. The number of aromatic nitrogens is 2. The van der Waals surface area contributed by atoms with Gasteiger partial charge in [-0.2, -0.15) is 9.29 Å². The molecule has 0 saturated carbocycles. The van der Waals surface area contributed by atoms with E-state index in [-0.39, 0.29) is 10.6 Å². The number of piperazine rings is 1. The smallest absolute Gasteiger partial charge is 0.270 e. The van der Waals surface area contributed by atoms with Crippen LogP contribution in [0.2, 0.25) is 0 Å². The predicted molar refractivity (Wildman–Crippen MR) is 95.4 cm³/mol. The fraction of sp³-hybridized carbons (Fsp3) is 0.500. The molecule has 1 aliphatic heterocycles. The van der Waals surface area contributed by atoms with Gasteiger partial charge in [0.2, 0.25) is 15.9 Å². The Kier molecular flexibility index (Phi) is 5.82. The van der Waals surface area contributed by atoms with E-state index in [2.05, 4.69) is 10.1 Å². The molecule has 1 aliphatic rings. The van der Waals surface area contributed by atoms with Crippen LogP contribution in [0.3, 0.4) is 0 Å². The maximum absolute atomic E-state index is 12.7. The molecule has 0 N–H and O–H groups in total. The van der Waals surface area contributed by atoms with Gasteiger partial charge in [-0.1, -0.05) is 18.1 Å². The lowest BCUT2D eigenvalue weighted by atomic mass is 10.3. The molecule has 3 rings (SSSR count). The van der Waals surface area contributed by atoms with Crippen LogP contribution in [0.25, 0.3) is 0 Å². The van der Waals surface area contributed by atoms with Crippen molar-refractivity contribution < 1.29 is 17.9 Å². The molecule has 0 bridgehead atoms. The largest absolute Gasteiger partial charge is 0.338 e. The van der Waals surface area contributed by atoms with Crippen LogP contribution >= 0.6 is 0 Å². The molecule has 0 unspecified atom stereocenters. The quantitative estimate of drug-likeness (QED) is 0.510. The number of benzene rings is 1. The molecule has 146 valence electrons. The van der Waals surface area contributed by atoms with Gasteiger partial charge in [-0.15, -0.1) is 0 Å². The standard InChI is InChI=1S/C16H21N5O5S/c1-2-4-15-17-16(26-18-15)12-19-7-9-20(10-8-19)27(24,25)14-6-3-5-13(11-14)21(22)23/h3,5-6,11H,2,4,7-10,12H2,1H3. The lowest BCUT2D eigenvalue weighted by Gasteiger charge is -2.33. The van der Waals surface area contributed by atoms with Crippen molar-refractivity contribution in [1.29, 1.82) is 0 Å². The first-order valence-corrected chi connectivity index (χ1v) is 10.1. The molecule has 11 heteroatoms. The highest BCUT2D eigenvalue weighted by atomic mass is 32.2. The van der Waals surface area contributed by atoms with Gasteiger partial charge < -0.3 is 4.52 Å². The molecule has 0 atom stereocenters. The number of aryl methyl sites for hydroxylation is 1. The number of nitro groups is 1. The molecule has 0 amide bonds. The van der Waals surface area contributed by atoms with Gasteiger partial charge in [-0.3, -0.25) is 15.0 Å². The Morgan fingerprint density at radius 3 is 2.67 bits per heavy atom. The summed E-state index contributed by atoms with van der Waals surface area (Å²) in [6.45, 7) is 4.12. The average Bonchev–Trinajstić information content (AvgIpc) is 3.09. The number of nitro benzene ring substituents is 1. The number of nitrogens with zero attached hydrogens (tertiary/aromatic N) is 5. The number of hydrogen-bond donors (Lipinski definition) is 0. The normalized spacial score (nSPS) is 16.5. The van der Waals surface area contributed by atoms with Crippen molar-refractivity contribution in [2.45, 2.75) is 31.2 Å². The Morgan fingerprint density at radius 1 is 1.26 bits per heavy atom. The molecule has 1 saturated heterocycles. The summed E-state index contributed by atoms with van der Waals surface area (Å²) in [7, 11) is -3.77. The van der Waals surface area contributed by atoms with Crippen LogP contribution in [0, 0.1) is 10.1 Å². The maximum Gasteiger partial charge on any atom is 0.270 e. The van der Waals surface area contributed by atoms with Gasteiger partial charge >= 0.3 is 0 Å². The maximum atomic E-state index is 12.7. The number of hydrogen-bond acceptors (Lipinski definition) is 8. The Morgan fingerprint density at radius 2 is 2.00 bits per heavy atom. The fourth-order valence-electron chi connectivity index (χ4n) is 2.91. The molecule has 0 aliphatic carbocycles. The summed E-state index contributed by atoms with van der Waals surface area (Å²) in [5.74, 6) is 1.20. The first kappa shape index (κ1) is 19.4. The minimum absolute atomic E-state index is 0.0636. The van der Waals surface area contributed by atoms with Gasteiger partial charge in [-0.05, 0) is 12.5 Å². The van der Waals surface area contributed by atoms with E-state index < -0.39 is 14.9 Å². The summed E-state index contributed by atoms with van der Waals surface area (Å²) < 4.78 is 32.1. The minimum Gasteiger partial charge on any atom is -0.338 e. The van der Waals surface area contributed by atoms with Crippen LogP contribution in [0.1, 0.15) is 25.1 Å². The zero-order valence-corrected chi connectivity index (χ0v) is 15.8. The molecule has 0 spiro atoms. The summed E-state index contributed by atoms with van der Waals surface area (Å²) in [5, 5.41) is 14.8. The Labute approximate surface area is 157 Å². The first-order valence-electron chi connectivity index (χ1n) is 8.68. The van der Waals surface area contributed by atoms with Crippen LogP contribution in [-0.4, -0.2) is 58.9 Å². The number of non-ortho nitro benzene ring substituents is 1. The van der Waals surface area contributed by atoms with E-state index >= 15 is 0 Å². The third-order valence-electron chi connectivity index (χ3n) is 4.34. The lowest BCUT2D eigenvalue weighted by Crippen LogP contribution is -2.48. The monoisotopic (exact) mass is 395 g/mol. The second-order valence-corrected chi connectivity index (χ2v) is 8.23. The topological polar surface area (TPSA) is 123 Å². The summed E-state index contributed by atoms with van der Waals surface area (Å²) >= 11 is 0. The molecule has 1 aromatic heterocycles. The van der Waals surface area contributed by atoms with Gasteiger partial charge in [0.15, 0.2) is 5.82 Å². The minimum atomic E-state index is -3.77. The van der Waals surface area contributed by atoms with Crippen LogP contribution in [0.15, 0.2) is 33.7 Å². The van der Waals surface area contributed by atoms with Gasteiger partial charge in [0.1, 0.15) is 0 Å². The summed E-state index contributed by atoms with van der Waals surface area (Å²) in [6.07, 6.45) is 1.70. The van der Waals surface area contributed by atoms with Crippen molar-refractivity contribution in [3.8, 4) is 0 Å². The van der Waals surface area contributed by atoms with Crippen LogP contribution in [0.4, 0.5) is 5.69 Å². The van der Waals surface area contributed by atoms with Crippen molar-refractivity contribution in [3.63, 3.8) is 0 Å². The highest BCUT2D eigenvalue weighted by molar-refractivity contribution is 7.89. The Bertz CT molecular complexity index is 905. The molecule has 2 heterocycles. The van der Waals surface area contributed by atoms with E-state index in [4.69, 9.17) is 4.52 Å². The zero-order valence-electron chi connectivity index (χ0n) is 14.9. The van der Waals surface area contributed by atoms with Gasteiger partial charge in [0.05, 0.1) is 16.4 Å². The molecule has 0 radical (unpaired) electrons. The average molecular weight is 395 g/mol. The van der Waals surface area contributed by atoms with E-state index in [9.17, 15) is 18.5 Å². The van der Waals surface area contributed by atoms with Crippen molar-refractivity contribution in [1.82, 2.24) is 19.3 Å². The van der Waals surface area contributed by atoms with E-state index in [1.54, 1.807) is 0 Å². The SMILES string of the molecule is CCCc1noc(CN2CCN(S(=O)(=O)c3cccc([N+](=O)[O-])c3)CC2)n1. The van der Waals surface area contributed by atoms with Crippen molar-refractivity contribution in [2.75, 3.05) is 26.2 Å². The van der Waals surface area contributed by atoms with Crippen LogP contribution in [0.5, 0.6) is 0 Å². The molecule has 27 heavy (non-hydrogen) atoms. The molecule has 1 aromatic carbocycles. The molecular formula is C16H21N5O5S. The van der Waals surface area contributed by atoms with Gasteiger partial charge in [0.25, 0.3) is 5.69 Å². The van der Waals surface area contributed by atoms with Crippen molar-refractivity contribution >= 4 is 15.7 Å². The van der Waals surface area contributed by atoms with Crippen molar-refractivity contribution in [2.24, 2.45) is 0 Å². The number of rotatable bonds is 7. The second kappa shape index (κ2) is 8.11. The summed E-state index contributed by atoms with van der Waals surface area (Å²) in [6, 6.07) is 5.12. The van der Waals surface area contributed by atoms with Crippen LogP contribution in [-0.2, 0) is 23.0 Å². The molecule has 10 nitrogen and oxygen atoms in total. The third kappa shape index (κ3) is 4.49. The lowest BCUT2D eigenvalue weighted by molar-refractivity contribution is -0.385. The predicted octanol–water partition coefficient (Wildman–Crippen LogP) is 1.44. The van der Waals surface area contributed by atoms with Gasteiger partial charge in [-0.25, -0.2) is 8.42 Å². The van der Waals surface area contributed by atoms with Crippen LogP contribution < -0.4 is 0 Å². The van der Waals surface area contributed by atoms with E-state index in [0.29, 0.717) is 44.4 Å². The molecule has 1 fully saturated rings. The Hall–Kier alpha value is -2.37. The fourth-order valence-corrected chi connectivity index (χ4v) is 4.37. The van der Waals surface area contributed by atoms with Gasteiger partial charge in [0, 0.05) is 44.7 Å². The zero-order chi connectivity index (χ0) is 19.4.